The zero-order chi connectivity index (χ0) is 11.4. The van der Waals surface area contributed by atoms with E-state index < -0.39 is 5.38 Å². The summed E-state index contributed by atoms with van der Waals surface area (Å²) >= 11 is 5.90. The van der Waals surface area contributed by atoms with E-state index in [1.165, 1.54) is 0 Å². The molecule has 1 rings (SSSR count). The van der Waals surface area contributed by atoms with Crippen molar-refractivity contribution in [1.82, 2.24) is 4.90 Å². The fourth-order valence-electron chi connectivity index (χ4n) is 1.75. The van der Waals surface area contributed by atoms with Crippen molar-refractivity contribution in [2.45, 2.75) is 30.9 Å². The number of nitrogens with zero attached hydrogens (tertiary/aromatic N) is 1. The van der Waals surface area contributed by atoms with Crippen LogP contribution >= 0.6 is 11.6 Å². The normalized spacial score (nSPS) is 28.1. The highest BCUT2D eigenvalue weighted by Gasteiger charge is 2.36. The third-order valence-corrected chi connectivity index (χ3v) is 3.25. The van der Waals surface area contributed by atoms with E-state index in [-0.39, 0.29) is 18.1 Å². The van der Waals surface area contributed by atoms with Gasteiger partial charge in [-0.3, -0.25) is 4.79 Å². The van der Waals surface area contributed by atoms with Gasteiger partial charge in [-0.2, -0.15) is 0 Å². The Bertz CT molecular complexity index is 213. The molecule has 1 saturated heterocycles. The number of hydrogen-bond acceptors (Lipinski definition) is 3. The number of hydrogen-bond donors (Lipinski definition) is 0. The molecule has 1 aliphatic heterocycles. The van der Waals surface area contributed by atoms with Crippen LogP contribution in [-0.2, 0) is 14.3 Å². The third-order valence-electron chi connectivity index (χ3n) is 2.76. The van der Waals surface area contributed by atoms with Gasteiger partial charge in [0.25, 0.3) is 0 Å². The quantitative estimate of drug-likeness (QED) is 0.679. The summed E-state index contributed by atoms with van der Waals surface area (Å²) in [6.07, 6.45) is 0.561. The molecule has 0 aliphatic carbocycles. The van der Waals surface area contributed by atoms with E-state index in [1.807, 2.05) is 6.92 Å². The van der Waals surface area contributed by atoms with Gasteiger partial charge in [0, 0.05) is 27.3 Å². The van der Waals surface area contributed by atoms with Gasteiger partial charge >= 0.3 is 0 Å². The molecule has 1 amide bonds. The second-order valence-corrected chi connectivity index (χ2v) is 4.19. The largest absolute Gasteiger partial charge is 0.377 e. The van der Waals surface area contributed by atoms with E-state index in [0.29, 0.717) is 19.5 Å². The van der Waals surface area contributed by atoms with E-state index in [2.05, 4.69) is 0 Å². The van der Waals surface area contributed by atoms with E-state index in [4.69, 9.17) is 21.1 Å². The van der Waals surface area contributed by atoms with Crippen molar-refractivity contribution in [3.8, 4) is 0 Å². The zero-order valence-electron chi connectivity index (χ0n) is 9.40. The first-order chi connectivity index (χ1) is 7.13. The maximum atomic E-state index is 11.8. The van der Waals surface area contributed by atoms with Crippen LogP contribution in [0.15, 0.2) is 0 Å². The van der Waals surface area contributed by atoms with Crippen LogP contribution in [0.2, 0.25) is 0 Å². The Morgan fingerprint density at radius 3 is 2.20 bits per heavy atom. The molecule has 0 bridgehead atoms. The summed E-state index contributed by atoms with van der Waals surface area (Å²) in [6.45, 7) is 3.03. The van der Waals surface area contributed by atoms with Crippen LogP contribution in [0, 0.1) is 0 Å². The van der Waals surface area contributed by atoms with Gasteiger partial charge < -0.3 is 14.4 Å². The molecule has 1 fully saturated rings. The summed E-state index contributed by atoms with van der Waals surface area (Å²) in [5, 5.41) is -0.432. The number of rotatable bonds is 4. The summed E-state index contributed by atoms with van der Waals surface area (Å²) in [6, 6.07) is 0. The molecule has 0 aromatic heterocycles. The first kappa shape index (κ1) is 12.7. The molecule has 0 aromatic carbocycles. The Morgan fingerprint density at radius 1 is 1.40 bits per heavy atom. The van der Waals surface area contributed by atoms with E-state index >= 15 is 0 Å². The van der Waals surface area contributed by atoms with Gasteiger partial charge in [-0.25, -0.2) is 0 Å². The fourth-order valence-corrected chi connectivity index (χ4v) is 1.89. The predicted molar refractivity (Wildman–Crippen MR) is 58.1 cm³/mol. The molecule has 15 heavy (non-hydrogen) atoms. The molecular formula is C10H18ClNO3. The molecular weight excluding hydrogens is 218 g/mol. The van der Waals surface area contributed by atoms with E-state index in [9.17, 15) is 4.79 Å². The molecule has 1 aliphatic rings. The van der Waals surface area contributed by atoms with Crippen molar-refractivity contribution >= 4 is 17.5 Å². The number of alkyl halides is 1. The van der Waals surface area contributed by atoms with Crippen LogP contribution in [0.5, 0.6) is 0 Å². The highest BCUT2D eigenvalue weighted by molar-refractivity contribution is 6.30. The maximum Gasteiger partial charge on any atom is 0.240 e. The van der Waals surface area contributed by atoms with E-state index in [1.54, 1.807) is 19.1 Å². The monoisotopic (exact) mass is 235 g/mol. The van der Waals surface area contributed by atoms with Crippen LogP contribution in [0.1, 0.15) is 13.3 Å². The number of methoxy groups -OCH3 is 2. The molecule has 4 nitrogen and oxygen atoms in total. The number of ether oxygens (including phenoxy) is 2. The van der Waals surface area contributed by atoms with Crippen LogP contribution in [0.25, 0.3) is 0 Å². The molecule has 1 heterocycles. The van der Waals surface area contributed by atoms with Crippen molar-refractivity contribution in [2.75, 3.05) is 27.3 Å². The Hall–Kier alpha value is -0.320. The van der Waals surface area contributed by atoms with Crippen molar-refractivity contribution in [3.63, 3.8) is 0 Å². The summed E-state index contributed by atoms with van der Waals surface area (Å²) in [5.74, 6) is -0.0271. The van der Waals surface area contributed by atoms with Crippen LogP contribution < -0.4 is 0 Å². The second-order valence-electron chi connectivity index (χ2n) is 3.67. The lowest BCUT2D eigenvalue weighted by Gasteiger charge is -2.18. The average molecular weight is 236 g/mol. The van der Waals surface area contributed by atoms with Crippen molar-refractivity contribution in [3.05, 3.63) is 0 Å². The standard InChI is InChI=1S/C10H18ClNO3/c1-4-7(11)10(13)12-5-8(14-2)9(6-12)15-3/h7-9H,4-6H2,1-3H3/t7-,8-,9+/m0/s1. The first-order valence-electron chi connectivity index (χ1n) is 5.12. The molecule has 0 saturated carbocycles. The molecule has 5 heteroatoms. The number of likely N-dealkylation sites (tertiary alicyclic amines) is 1. The fraction of sp³-hybridized carbons (Fsp3) is 0.900. The number of carbonyl (C=O) groups excluding carboxylic acids is 1. The van der Waals surface area contributed by atoms with Crippen LogP contribution in [0.4, 0.5) is 0 Å². The van der Waals surface area contributed by atoms with Crippen LogP contribution in [-0.4, -0.2) is 55.7 Å². The highest BCUT2D eigenvalue weighted by atomic mass is 35.5. The smallest absolute Gasteiger partial charge is 0.240 e. The zero-order valence-corrected chi connectivity index (χ0v) is 10.2. The van der Waals surface area contributed by atoms with Gasteiger partial charge in [0.1, 0.15) is 17.6 Å². The summed E-state index contributed by atoms with van der Waals surface area (Å²) in [4.78, 5) is 13.5. The lowest BCUT2D eigenvalue weighted by Crippen LogP contribution is -2.35. The average Bonchev–Trinajstić information content (AvgIpc) is 2.69. The maximum absolute atomic E-state index is 11.8. The molecule has 3 atom stereocenters. The predicted octanol–water partition coefficient (Wildman–Crippen LogP) is 0.876. The van der Waals surface area contributed by atoms with Gasteiger partial charge in [-0.1, -0.05) is 6.92 Å². The topological polar surface area (TPSA) is 38.8 Å². The minimum Gasteiger partial charge on any atom is -0.377 e. The SMILES string of the molecule is CC[C@H](Cl)C(=O)N1C[C@H](OC)[C@H](OC)C1. The summed E-state index contributed by atoms with van der Waals surface area (Å²) in [5.41, 5.74) is 0. The molecule has 0 radical (unpaired) electrons. The second kappa shape index (κ2) is 5.68. The van der Waals surface area contributed by atoms with Gasteiger partial charge in [-0.15, -0.1) is 11.6 Å². The lowest BCUT2D eigenvalue weighted by molar-refractivity contribution is -0.130. The van der Waals surface area contributed by atoms with E-state index in [0.717, 1.165) is 0 Å². The number of carbonyl (C=O) groups is 1. The number of halogens is 1. The Kier molecular flexibility index (Phi) is 4.83. The Morgan fingerprint density at radius 2 is 1.87 bits per heavy atom. The van der Waals surface area contributed by atoms with Crippen molar-refractivity contribution in [1.29, 1.82) is 0 Å². The molecule has 0 unspecified atom stereocenters. The molecule has 0 N–H and O–H groups in total. The highest BCUT2D eigenvalue weighted by Crippen LogP contribution is 2.18. The van der Waals surface area contributed by atoms with Crippen molar-refractivity contribution in [2.24, 2.45) is 0 Å². The summed E-state index contributed by atoms with van der Waals surface area (Å²) in [7, 11) is 3.26. The van der Waals surface area contributed by atoms with Gasteiger partial charge in [0.15, 0.2) is 0 Å². The Balaban J connectivity index is 2.56. The van der Waals surface area contributed by atoms with Crippen LogP contribution in [0.3, 0.4) is 0 Å². The first-order valence-corrected chi connectivity index (χ1v) is 5.56. The van der Waals surface area contributed by atoms with Gasteiger partial charge in [-0.05, 0) is 6.42 Å². The van der Waals surface area contributed by atoms with Gasteiger partial charge in [0.2, 0.25) is 5.91 Å². The lowest BCUT2D eigenvalue weighted by atomic mass is 10.3. The minimum atomic E-state index is -0.432. The minimum absolute atomic E-state index is 0.0271. The van der Waals surface area contributed by atoms with Gasteiger partial charge in [0.05, 0.1) is 0 Å². The molecule has 0 spiro atoms. The number of amides is 1. The van der Waals surface area contributed by atoms with Crippen molar-refractivity contribution < 1.29 is 14.3 Å². The Labute approximate surface area is 95.5 Å². The molecule has 88 valence electrons. The molecule has 0 aromatic rings. The third kappa shape index (κ3) is 2.83. The summed E-state index contributed by atoms with van der Waals surface area (Å²) < 4.78 is 10.5.